The summed E-state index contributed by atoms with van der Waals surface area (Å²) in [6.07, 6.45) is 11.2. The number of halogens is 3. The summed E-state index contributed by atoms with van der Waals surface area (Å²) in [5.41, 5.74) is 2.19. The van der Waals surface area contributed by atoms with Crippen LogP contribution < -0.4 is 15.5 Å². The van der Waals surface area contributed by atoms with Crippen molar-refractivity contribution in [2.75, 3.05) is 18.0 Å². The molecule has 1 aliphatic heterocycles. The fourth-order valence-corrected chi connectivity index (χ4v) is 5.29. The fourth-order valence-electron chi connectivity index (χ4n) is 4.51. The first kappa shape index (κ1) is 25.8. The standard InChI is InChI=1S/C27H28BrCl2N3O2/c28-20-9-7-19(8-10-20)23-17-33(24-12-11-21(29)14-22(24)30)25(15-31-23)26(34)16-32-27(35)13-6-18-4-2-1-3-5-18/h6-15,18,23,31H,1-5,16-17H2,(H,32,35)/b13-6+. The SMILES string of the molecule is O=C(/C=C/C1CCCCC1)NCC(=O)C1=CNC(c2ccc(Br)cc2)CN1c1ccc(Cl)cc1Cl. The van der Waals surface area contributed by atoms with Crippen LogP contribution in [0.4, 0.5) is 5.69 Å². The third-order valence-corrected chi connectivity index (χ3v) is 7.50. The lowest BCUT2D eigenvalue weighted by atomic mass is 9.89. The van der Waals surface area contributed by atoms with Crippen molar-refractivity contribution in [2.24, 2.45) is 5.92 Å². The predicted molar refractivity (Wildman–Crippen MR) is 146 cm³/mol. The number of ketones is 1. The zero-order valence-electron chi connectivity index (χ0n) is 19.3. The molecule has 0 radical (unpaired) electrons. The number of benzene rings is 2. The first-order chi connectivity index (χ1) is 16.9. The highest BCUT2D eigenvalue weighted by atomic mass is 79.9. The van der Waals surface area contributed by atoms with Crippen molar-refractivity contribution in [2.45, 2.75) is 38.1 Å². The van der Waals surface area contributed by atoms with Crippen LogP contribution >= 0.6 is 39.1 Å². The largest absolute Gasteiger partial charge is 0.380 e. The molecule has 2 aromatic rings. The van der Waals surface area contributed by atoms with Gasteiger partial charge in [-0.25, -0.2) is 0 Å². The summed E-state index contributed by atoms with van der Waals surface area (Å²) >= 11 is 16.1. The quantitative estimate of drug-likeness (QED) is 0.366. The van der Waals surface area contributed by atoms with E-state index in [2.05, 4.69) is 26.6 Å². The van der Waals surface area contributed by atoms with Crippen molar-refractivity contribution < 1.29 is 9.59 Å². The van der Waals surface area contributed by atoms with Crippen LogP contribution in [-0.2, 0) is 9.59 Å². The molecule has 1 heterocycles. The normalized spacial score (nSPS) is 18.8. The molecule has 1 unspecified atom stereocenters. The van der Waals surface area contributed by atoms with Gasteiger partial charge in [-0.05, 0) is 60.7 Å². The first-order valence-electron chi connectivity index (χ1n) is 11.8. The Kier molecular flexibility index (Phi) is 8.93. The Hall–Kier alpha value is -2.28. The minimum atomic E-state index is -0.253. The molecule has 0 bridgehead atoms. The molecule has 184 valence electrons. The lowest BCUT2D eigenvalue weighted by Gasteiger charge is -2.36. The molecule has 2 N–H and O–H groups in total. The smallest absolute Gasteiger partial charge is 0.244 e. The van der Waals surface area contributed by atoms with E-state index < -0.39 is 0 Å². The van der Waals surface area contributed by atoms with Crippen molar-refractivity contribution in [1.29, 1.82) is 0 Å². The second-order valence-electron chi connectivity index (χ2n) is 8.90. The average molecular weight is 577 g/mol. The van der Waals surface area contributed by atoms with Gasteiger partial charge in [-0.3, -0.25) is 9.59 Å². The Morgan fingerprint density at radius 1 is 1.09 bits per heavy atom. The maximum Gasteiger partial charge on any atom is 0.244 e. The van der Waals surface area contributed by atoms with Crippen LogP contribution in [0.15, 0.2) is 71.0 Å². The van der Waals surface area contributed by atoms with E-state index in [0.717, 1.165) is 22.9 Å². The van der Waals surface area contributed by atoms with E-state index in [0.29, 0.717) is 33.9 Å². The van der Waals surface area contributed by atoms with Gasteiger partial charge in [0, 0.05) is 22.2 Å². The molecule has 1 saturated carbocycles. The Labute approximate surface area is 224 Å². The second kappa shape index (κ2) is 12.1. The highest BCUT2D eigenvalue weighted by Crippen LogP contribution is 2.34. The number of carbonyl (C=O) groups excluding carboxylic acids is 2. The van der Waals surface area contributed by atoms with Gasteiger partial charge in [-0.2, -0.15) is 0 Å². The van der Waals surface area contributed by atoms with E-state index in [1.807, 2.05) is 35.2 Å². The Bertz CT molecular complexity index is 1130. The summed E-state index contributed by atoms with van der Waals surface area (Å²) in [7, 11) is 0. The maximum atomic E-state index is 13.2. The molecule has 2 aliphatic rings. The maximum absolute atomic E-state index is 13.2. The van der Waals surface area contributed by atoms with E-state index in [-0.39, 0.29) is 24.3 Å². The Morgan fingerprint density at radius 3 is 2.54 bits per heavy atom. The Balaban J connectivity index is 1.49. The molecular weight excluding hydrogens is 549 g/mol. The molecule has 0 aromatic heterocycles. The molecule has 5 nitrogen and oxygen atoms in total. The van der Waals surface area contributed by atoms with E-state index in [1.165, 1.54) is 19.3 Å². The summed E-state index contributed by atoms with van der Waals surface area (Å²) in [5, 5.41) is 7.04. The van der Waals surface area contributed by atoms with Gasteiger partial charge >= 0.3 is 0 Å². The van der Waals surface area contributed by atoms with Crippen LogP contribution in [0, 0.1) is 5.92 Å². The van der Waals surface area contributed by atoms with Gasteiger partial charge in [0.2, 0.25) is 5.91 Å². The molecule has 1 aliphatic carbocycles. The van der Waals surface area contributed by atoms with Gasteiger partial charge in [-0.1, -0.05) is 76.6 Å². The molecule has 0 saturated heterocycles. The van der Waals surface area contributed by atoms with E-state index in [4.69, 9.17) is 23.2 Å². The van der Waals surface area contributed by atoms with Crippen molar-refractivity contribution in [3.8, 4) is 0 Å². The van der Waals surface area contributed by atoms with Gasteiger partial charge in [0.05, 0.1) is 23.3 Å². The molecular formula is C27H28BrCl2N3O2. The predicted octanol–water partition coefficient (Wildman–Crippen LogP) is 6.57. The summed E-state index contributed by atoms with van der Waals surface area (Å²) in [4.78, 5) is 27.4. The highest BCUT2D eigenvalue weighted by molar-refractivity contribution is 9.10. The number of hydrogen-bond donors (Lipinski definition) is 2. The monoisotopic (exact) mass is 575 g/mol. The number of Topliss-reactive ketones (excluding diaryl/α,β-unsaturated/α-hetero) is 1. The molecule has 1 atom stereocenters. The molecule has 0 spiro atoms. The van der Waals surface area contributed by atoms with E-state index in [9.17, 15) is 9.59 Å². The van der Waals surface area contributed by atoms with Crippen LogP contribution in [-0.4, -0.2) is 24.8 Å². The Morgan fingerprint density at radius 2 is 1.83 bits per heavy atom. The van der Waals surface area contributed by atoms with Gasteiger partial charge in [0.1, 0.15) is 5.70 Å². The minimum Gasteiger partial charge on any atom is -0.380 e. The van der Waals surface area contributed by atoms with Crippen LogP contribution in [0.25, 0.3) is 0 Å². The van der Waals surface area contributed by atoms with Crippen LogP contribution in [0.3, 0.4) is 0 Å². The molecule has 4 rings (SSSR count). The third-order valence-electron chi connectivity index (χ3n) is 6.43. The van der Waals surface area contributed by atoms with Crippen molar-refractivity contribution in [1.82, 2.24) is 10.6 Å². The molecule has 2 aromatic carbocycles. The van der Waals surface area contributed by atoms with Gasteiger partial charge in [0.15, 0.2) is 5.78 Å². The number of amides is 1. The van der Waals surface area contributed by atoms with Crippen LogP contribution in [0.2, 0.25) is 10.0 Å². The van der Waals surface area contributed by atoms with E-state index in [1.54, 1.807) is 30.5 Å². The molecule has 35 heavy (non-hydrogen) atoms. The summed E-state index contributed by atoms with van der Waals surface area (Å²) in [6.45, 7) is 0.377. The first-order valence-corrected chi connectivity index (χ1v) is 13.4. The van der Waals surface area contributed by atoms with Crippen LogP contribution in [0.1, 0.15) is 43.7 Å². The van der Waals surface area contributed by atoms with Crippen molar-refractivity contribution in [3.05, 3.63) is 86.6 Å². The lowest BCUT2D eigenvalue weighted by molar-refractivity contribution is -0.120. The lowest BCUT2D eigenvalue weighted by Crippen LogP contribution is -2.43. The fraction of sp³-hybridized carbons (Fsp3) is 0.333. The topological polar surface area (TPSA) is 61.4 Å². The summed E-state index contributed by atoms with van der Waals surface area (Å²) < 4.78 is 0.995. The molecule has 8 heteroatoms. The number of carbonyl (C=O) groups is 2. The number of nitrogens with zero attached hydrogens (tertiary/aromatic N) is 1. The van der Waals surface area contributed by atoms with Crippen molar-refractivity contribution in [3.63, 3.8) is 0 Å². The number of hydrogen-bond acceptors (Lipinski definition) is 4. The zero-order chi connectivity index (χ0) is 24.8. The average Bonchev–Trinajstić information content (AvgIpc) is 2.87. The van der Waals surface area contributed by atoms with E-state index >= 15 is 0 Å². The van der Waals surface area contributed by atoms with Gasteiger partial charge in [0.25, 0.3) is 0 Å². The third kappa shape index (κ3) is 6.90. The molecule has 1 fully saturated rings. The van der Waals surface area contributed by atoms with Gasteiger partial charge in [-0.15, -0.1) is 0 Å². The number of anilines is 1. The number of rotatable bonds is 7. The molecule has 1 amide bonds. The number of nitrogens with one attached hydrogen (secondary N) is 2. The number of allylic oxidation sites excluding steroid dienone is 1. The van der Waals surface area contributed by atoms with Crippen molar-refractivity contribution >= 4 is 56.5 Å². The van der Waals surface area contributed by atoms with Gasteiger partial charge < -0.3 is 15.5 Å². The minimum absolute atomic E-state index is 0.0561. The second-order valence-corrected chi connectivity index (χ2v) is 10.7. The summed E-state index contributed by atoms with van der Waals surface area (Å²) in [6, 6.07) is 13.2. The highest BCUT2D eigenvalue weighted by Gasteiger charge is 2.28. The summed E-state index contributed by atoms with van der Waals surface area (Å²) in [5.74, 6) is -0.0113. The zero-order valence-corrected chi connectivity index (χ0v) is 22.4. The van der Waals surface area contributed by atoms with Crippen LogP contribution in [0.5, 0.6) is 0 Å².